The van der Waals surface area contributed by atoms with Crippen LogP contribution in [0.2, 0.25) is 5.02 Å². The van der Waals surface area contributed by atoms with Crippen molar-refractivity contribution in [2.24, 2.45) is 5.92 Å². The van der Waals surface area contributed by atoms with E-state index >= 15 is 0 Å². The summed E-state index contributed by atoms with van der Waals surface area (Å²) in [6.07, 6.45) is 3.08. The fraction of sp³-hybridized carbons (Fsp3) is 0.500. The molecule has 0 saturated carbocycles. The monoisotopic (exact) mass is 327 g/mol. The van der Waals surface area contributed by atoms with E-state index in [2.05, 4.69) is 15.7 Å². The van der Waals surface area contributed by atoms with Gasteiger partial charge < -0.3 is 4.90 Å². The third-order valence-electron chi connectivity index (χ3n) is 3.58. The molecule has 21 heavy (non-hydrogen) atoms. The third-order valence-corrected chi connectivity index (χ3v) is 4.57. The van der Waals surface area contributed by atoms with Crippen LogP contribution in [0.5, 0.6) is 0 Å². The van der Waals surface area contributed by atoms with E-state index in [1.807, 2.05) is 0 Å². The van der Waals surface area contributed by atoms with Crippen LogP contribution in [-0.2, 0) is 10.0 Å². The Hall–Kier alpha value is -1.29. The van der Waals surface area contributed by atoms with E-state index in [1.54, 1.807) is 18.2 Å². The zero-order chi connectivity index (χ0) is 15.5. The first-order valence-corrected chi connectivity index (χ1v) is 9.06. The van der Waals surface area contributed by atoms with Gasteiger partial charge in [-0.2, -0.15) is 5.26 Å². The van der Waals surface area contributed by atoms with Gasteiger partial charge in [-0.05, 0) is 30.9 Å². The minimum absolute atomic E-state index is 0.219. The predicted octanol–water partition coefficient (Wildman–Crippen LogP) is 1.98. The number of rotatable bonds is 4. The lowest BCUT2D eigenvalue weighted by atomic mass is 9.97. The minimum atomic E-state index is -3.17. The number of para-hydroxylation sites is 1. The molecule has 1 aliphatic heterocycles. The molecule has 1 fully saturated rings. The number of anilines is 1. The van der Waals surface area contributed by atoms with E-state index in [0.29, 0.717) is 23.7 Å². The van der Waals surface area contributed by atoms with Crippen molar-refractivity contribution in [1.29, 1.82) is 5.26 Å². The molecule has 0 aliphatic carbocycles. The number of benzene rings is 1. The van der Waals surface area contributed by atoms with Gasteiger partial charge in [0.15, 0.2) is 0 Å². The largest absolute Gasteiger partial charge is 0.369 e. The lowest BCUT2D eigenvalue weighted by molar-refractivity contribution is 0.411. The van der Waals surface area contributed by atoms with Crippen molar-refractivity contribution in [2.45, 2.75) is 12.8 Å². The first-order chi connectivity index (χ1) is 9.90. The molecular weight excluding hydrogens is 310 g/mol. The zero-order valence-electron chi connectivity index (χ0n) is 11.8. The van der Waals surface area contributed by atoms with E-state index in [1.165, 1.54) is 0 Å². The molecule has 0 bridgehead atoms. The lowest BCUT2D eigenvalue weighted by Gasteiger charge is -2.35. The van der Waals surface area contributed by atoms with Crippen molar-refractivity contribution in [3.63, 3.8) is 0 Å². The van der Waals surface area contributed by atoms with E-state index < -0.39 is 10.0 Å². The van der Waals surface area contributed by atoms with Gasteiger partial charge in [0.05, 0.1) is 22.5 Å². The van der Waals surface area contributed by atoms with Crippen molar-refractivity contribution in [1.82, 2.24) is 4.72 Å². The number of nitrogens with one attached hydrogen (secondary N) is 1. The smallest absolute Gasteiger partial charge is 0.208 e. The molecule has 1 saturated heterocycles. The molecule has 0 radical (unpaired) electrons. The highest BCUT2D eigenvalue weighted by atomic mass is 35.5. The molecule has 1 unspecified atom stereocenters. The van der Waals surface area contributed by atoms with Crippen LogP contribution in [0.3, 0.4) is 0 Å². The highest BCUT2D eigenvalue weighted by Crippen LogP contribution is 2.32. The molecular formula is C14H18ClN3O2S. The maximum absolute atomic E-state index is 11.2. The summed E-state index contributed by atoms with van der Waals surface area (Å²) in [5.41, 5.74) is 1.31. The average Bonchev–Trinajstić information content (AvgIpc) is 2.44. The normalized spacial score (nSPS) is 19.3. The zero-order valence-corrected chi connectivity index (χ0v) is 13.4. The molecule has 7 heteroatoms. The molecule has 1 atom stereocenters. The Kier molecular flexibility index (Phi) is 5.09. The van der Waals surface area contributed by atoms with E-state index in [9.17, 15) is 13.7 Å². The summed E-state index contributed by atoms with van der Waals surface area (Å²) in [6.45, 7) is 1.94. The highest BCUT2D eigenvalue weighted by Gasteiger charge is 2.24. The number of hydrogen-bond donors (Lipinski definition) is 1. The van der Waals surface area contributed by atoms with Crippen LogP contribution in [0.4, 0.5) is 5.69 Å². The van der Waals surface area contributed by atoms with Gasteiger partial charge in [0.25, 0.3) is 0 Å². The van der Waals surface area contributed by atoms with Crippen molar-refractivity contribution < 1.29 is 8.42 Å². The van der Waals surface area contributed by atoms with Gasteiger partial charge in [-0.1, -0.05) is 17.7 Å². The Bertz CT molecular complexity index is 655. The summed E-state index contributed by atoms with van der Waals surface area (Å²) >= 11 is 6.23. The predicted molar refractivity (Wildman–Crippen MR) is 84.0 cm³/mol. The van der Waals surface area contributed by atoms with Gasteiger partial charge in [0, 0.05) is 19.6 Å². The molecule has 1 aromatic carbocycles. The van der Waals surface area contributed by atoms with Gasteiger partial charge in [-0.15, -0.1) is 0 Å². The fourth-order valence-corrected chi connectivity index (χ4v) is 3.46. The summed E-state index contributed by atoms with van der Waals surface area (Å²) in [5.74, 6) is 0.219. The number of nitrogens with zero attached hydrogens (tertiary/aromatic N) is 2. The van der Waals surface area contributed by atoms with Crippen LogP contribution in [0.15, 0.2) is 18.2 Å². The Morgan fingerprint density at radius 1 is 1.52 bits per heavy atom. The SMILES string of the molecule is CS(=O)(=O)NCC1CCCN(c2c(Cl)cccc2C#N)C1. The molecule has 1 aliphatic rings. The topological polar surface area (TPSA) is 73.2 Å². The van der Waals surface area contributed by atoms with Crippen molar-refractivity contribution in [3.05, 3.63) is 28.8 Å². The molecule has 1 N–H and O–H groups in total. The van der Waals surface area contributed by atoms with Gasteiger partial charge in [0.1, 0.15) is 6.07 Å². The Labute approximate surface area is 130 Å². The summed E-state index contributed by atoms with van der Waals surface area (Å²) in [4.78, 5) is 2.08. The van der Waals surface area contributed by atoms with Gasteiger partial charge in [-0.25, -0.2) is 13.1 Å². The Morgan fingerprint density at radius 2 is 2.29 bits per heavy atom. The van der Waals surface area contributed by atoms with Crippen LogP contribution in [0.25, 0.3) is 0 Å². The first-order valence-electron chi connectivity index (χ1n) is 6.79. The second-order valence-electron chi connectivity index (χ2n) is 5.32. The van der Waals surface area contributed by atoms with E-state index in [4.69, 9.17) is 11.6 Å². The van der Waals surface area contributed by atoms with Crippen molar-refractivity contribution >= 4 is 27.3 Å². The number of hydrogen-bond acceptors (Lipinski definition) is 4. The lowest BCUT2D eigenvalue weighted by Crippen LogP contribution is -2.41. The Balaban J connectivity index is 2.13. The van der Waals surface area contributed by atoms with Crippen LogP contribution in [0, 0.1) is 17.2 Å². The Morgan fingerprint density at radius 3 is 2.95 bits per heavy atom. The summed E-state index contributed by atoms with van der Waals surface area (Å²) in [5, 5.41) is 9.78. The molecule has 1 heterocycles. The number of sulfonamides is 1. The molecule has 0 aromatic heterocycles. The molecule has 0 spiro atoms. The van der Waals surface area contributed by atoms with Crippen LogP contribution in [0.1, 0.15) is 18.4 Å². The minimum Gasteiger partial charge on any atom is -0.369 e. The van der Waals surface area contributed by atoms with Crippen molar-refractivity contribution in [2.75, 3.05) is 30.8 Å². The van der Waals surface area contributed by atoms with Crippen LogP contribution >= 0.6 is 11.6 Å². The molecule has 114 valence electrons. The third kappa shape index (κ3) is 4.34. The average molecular weight is 328 g/mol. The summed E-state index contributed by atoms with van der Waals surface area (Å²) in [7, 11) is -3.17. The highest BCUT2D eigenvalue weighted by molar-refractivity contribution is 7.88. The second-order valence-corrected chi connectivity index (χ2v) is 7.56. The van der Waals surface area contributed by atoms with Crippen LogP contribution in [-0.4, -0.2) is 34.3 Å². The van der Waals surface area contributed by atoms with Gasteiger partial charge in [0.2, 0.25) is 10.0 Å². The molecule has 0 amide bonds. The summed E-state index contributed by atoms with van der Waals surface area (Å²) in [6, 6.07) is 7.45. The summed E-state index contributed by atoms with van der Waals surface area (Å²) < 4.78 is 24.9. The number of halogens is 1. The van der Waals surface area contributed by atoms with E-state index in [0.717, 1.165) is 31.3 Å². The van der Waals surface area contributed by atoms with E-state index in [-0.39, 0.29) is 5.92 Å². The maximum atomic E-state index is 11.2. The molecule has 1 aromatic rings. The van der Waals surface area contributed by atoms with Gasteiger partial charge in [-0.3, -0.25) is 0 Å². The molecule has 2 rings (SSSR count). The maximum Gasteiger partial charge on any atom is 0.208 e. The standard InChI is InChI=1S/C14H18ClN3O2S/c1-21(19,20)17-9-11-4-3-7-18(10-11)14-12(8-16)5-2-6-13(14)15/h2,5-6,11,17H,3-4,7,9-10H2,1H3. The quantitative estimate of drug-likeness (QED) is 0.917. The van der Waals surface area contributed by atoms with Gasteiger partial charge >= 0.3 is 0 Å². The number of piperidine rings is 1. The van der Waals surface area contributed by atoms with Crippen molar-refractivity contribution in [3.8, 4) is 6.07 Å². The number of nitriles is 1. The first kappa shape index (κ1) is 16.1. The molecule has 5 nitrogen and oxygen atoms in total. The fourth-order valence-electron chi connectivity index (χ4n) is 2.63. The second kappa shape index (κ2) is 6.65. The van der Waals surface area contributed by atoms with Crippen LogP contribution < -0.4 is 9.62 Å².